The van der Waals surface area contributed by atoms with Crippen LogP contribution in [0, 0.1) is 5.92 Å². The Balaban J connectivity index is 2.15. The highest BCUT2D eigenvalue weighted by Gasteiger charge is 2.21. The molecule has 0 spiro atoms. The van der Waals surface area contributed by atoms with Crippen LogP contribution in [-0.4, -0.2) is 36.8 Å². The first-order chi connectivity index (χ1) is 8.72. The average Bonchev–Trinajstić information content (AvgIpc) is 2.39. The smallest absolute Gasteiger partial charge is 0.252 e. The van der Waals surface area contributed by atoms with Gasteiger partial charge in [-0.1, -0.05) is 6.92 Å². The van der Waals surface area contributed by atoms with E-state index >= 15 is 0 Å². The third kappa shape index (κ3) is 3.10. The Hall–Kier alpha value is -1.36. The largest absolute Gasteiger partial charge is 0.384 e. The number of methoxy groups -OCH3 is 1. The molecule has 0 radical (unpaired) electrons. The van der Waals surface area contributed by atoms with E-state index in [1.165, 1.54) is 6.42 Å². The maximum absolute atomic E-state index is 11.6. The van der Waals surface area contributed by atoms with Gasteiger partial charge in [0, 0.05) is 32.7 Å². The maximum atomic E-state index is 11.6. The molecule has 2 rings (SSSR count). The van der Waals surface area contributed by atoms with Gasteiger partial charge in [-0.15, -0.1) is 0 Å². The highest BCUT2D eigenvalue weighted by molar-refractivity contribution is 5.38. The number of nitrogens with one attached hydrogen (secondary N) is 1. The molecule has 1 atom stereocenters. The number of aromatic amines is 1. The standard InChI is InChI=1S/C13H21N3O2/c1-3-11-14-12(7-13(17)15-11)16-6-4-5-10(8-16)9-18-2/h7,10H,3-6,8-9H2,1-2H3,(H,14,15,17). The third-order valence-corrected chi connectivity index (χ3v) is 3.36. The number of rotatable bonds is 4. The Kier molecular flexibility index (Phi) is 4.36. The molecule has 1 N–H and O–H groups in total. The van der Waals surface area contributed by atoms with Crippen molar-refractivity contribution in [2.75, 3.05) is 31.7 Å². The number of hydrogen-bond acceptors (Lipinski definition) is 4. The molecule has 1 fully saturated rings. The van der Waals surface area contributed by atoms with Crippen LogP contribution in [0.15, 0.2) is 10.9 Å². The predicted octanol–water partition coefficient (Wildman–Crippen LogP) is 1.20. The van der Waals surface area contributed by atoms with E-state index < -0.39 is 0 Å². The van der Waals surface area contributed by atoms with Crippen LogP contribution in [0.5, 0.6) is 0 Å². The van der Waals surface area contributed by atoms with Crippen LogP contribution in [0.4, 0.5) is 5.82 Å². The van der Waals surface area contributed by atoms with Crippen LogP contribution in [-0.2, 0) is 11.2 Å². The second-order valence-electron chi connectivity index (χ2n) is 4.81. The molecule has 0 amide bonds. The minimum Gasteiger partial charge on any atom is -0.384 e. The number of hydrogen-bond donors (Lipinski definition) is 1. The van der Waals surface area contributed by atoms with Gasteiger partial charge >= 0.3 is 0 Å². The molecule has 1 aliphatic rings. The second-order valence-corrected chi connectivity index (χ2v) is 4.81. The van der Waals surface area contributed by atoms with E-state index in [0.29, 0.717) is 5.92 Å². The molecule has 1 aromatic rings. The first kappa shape index (κ1) is 13.1. The summed E-state index contributed by atoms with van der Waals surface area (Å²) < 4.78 is 5.22. The summed E-state index contributed by atoms with van der Waals surface area (Å²) >= 11 is 0. The molecule has 1 saturated heterocycles. The summed E-state index contributed by atoms with van der Waals surface area (Å²) in [6.45, 7) is 4.67. The fourth-order valence-electron chi connectivity index (χ4n) is 2.47. The van der Waals surface area contributed by atoms with E-state index in [1.807, 2.05) is 6.92 Å². The lowest BCUT2D eigenvalue weighted by atomic mass is 9.99. The van der Waals surface area contributed by atoms with Gasteiger partial charge in [0.05, 0.1) is 6.61 Å². The number of ether oxygens (including phenoxy) is 1. The van der Waals surface area contributed by atoms with Crippen LogP contribution in [0.3, 0.4) is 0 Å². The summed E-state index contributed by atoms with van der Waals surface area (Å²) in [5.41, 5.74) is -0.0642. The van der Waals surface area contributed by atoms with Gasteiger partial charge in [0.15, 0.2) is 0 Å². The fourth-order valence-corrected chi connectivity index (χ4v) is 2.47. The molecule has 18 heavy (non-hydrogen) atoms. The van der Waals surface area contributed by atoms with Gasteiger partial charge in [0.25, 0.3) is 5.56 Å². The van der Waals surface area contributed by atoms with Crippen molar-refractivity contribution >= 4 is 5.82 Å². The Bertz CT molecular complexity index is 442. The Morgan fingerprint density at radius 1 is 1.61 bits per heavy atom. The summed E-state index contributed by atoms with van der Waals surface area (Å²) in [6, 6.07) is 1.59. The van der Waals surface area contributed by atoms with Crippen LogP contribution in [0.1, 0.15) is 25.6 Å². The molecular weight excluding hydrogens is 230 g/mol. The summed E-state index contributed by atoms with van der Waals surface area (Å²) in [5, 5.41) is 0. The zero-order valence-electron chi connectivity index (χ0n) is 11.1. The molecule has 1 aromatic heterocycles. The van der Waals surface area contributed by atoms with Crippen LogP contribution < -0.4 is 10.5 Å². The molecule has 1 unspecified atom stereocenters. The van der Waals surface area contributed by atoms with Crippen molar-refractivity contribution in [2.24, 2.45) is 5.92 Å². The van der Waals surface area contributed by atoms with E-state index in [1.54, 1.807) is 13.2 Å². The van der Waals surface area contributed by atoms with Gasteiger partial charge in [-0.2, -0.15) is 0 Å². The second kappa shape index (κ2) is 6.00. The van der Waals surface area contributed by atoms with Crippen molar-refractivity contribution in [3.05, 3.63) is 22.2 Å². The minimum absolute atomic E-state index is 0.0642. The van der Waals surface area contributed by atoms with Crippen LogP contribution in [0.2, 0.25) is 0 Å². The molecule has 5 heteroatoms. The number of piperidine rings is 1. The van der Waals surface area contributed by atoms with E-state index in [0.717, 1.165) is 44.2 Å². The minimum atomic E-state index is -0.0642. The van der Waals surface area contributed by atoms with Crippen LogP contribution >= 0.6 is 0 Å². The molecule has 100 valence electrons. The van der Waals surface area contributed by atoms with Crippen LogP contribution in [0.25, 0.3) is 0 Å². The normalized spacial score (nSPS) is 20.1. The molecular formula is C13H21N3O2. The number of aryl methyl sites for hydroxylation is 1. The Labute approximate surface area is 107 Å². The number of H-pyrrole nitrogens is 1. The number of nitrogens with zero attached hydrogens (tertiary/aromatic N) is 2. The van der Waals surface area contributed by atoms with Crippen molar-refractivity contribution in [2.45, 2.75) is 26.2 Å². The maximum Gasteiger partial charge on any atom is 0.252 e. The zero-order valence-corrected chi connectivity index (χ0v) is 11.1. The van der Waals surface area contributed by atoms with Gasteiger partial charge in [-0.25, -0.2) is 4.98 Å². The van der Waals surface area contributed by atoms with Gasteiger partial charge in [0.2, 0.25) is 0 Å². The first-order valence-electron chi connectivity index (χ1n) is 6.57. The van der Waals surface area contributed by atoms with Crippen molar-refractivity contribution in [1.82, 2.24) is 9.97 Å². The molecule has 0 saturated carbocycles. The van der Waals surface area contributed by atoms with Gasteiger partial charge < -0.3 is 14.6 Å². The number of aromatic nitrogens is 2. The molecule has 2 heterocycles. The van der Waals surface area contributed by atoms with E-state index in [-0.39, 0.29) is 5.56 Å². The lowest BCUT2D eigenvalue weighted by molar-refractivity contribution is 0.143. The average molecular weight is 251 g/mol. The predicted molar refractivity (Wildman–Crippen MR) is 71.0 cm³/mol. The molecule has 5 nitrogen and oxygen atoms in total. The first-order valence-corrected chi connectivity index (χ1v) is 6.57. The quantitative estimate of drug-likeness (QED) is 0.873. The number of anilines is 1. The summed E-state index contributed by atoms with van der Waals surface area (Å²) in [4.78, 5) is 21.0. The van der Waals surface area contributed by atoms with Crippen molar-refractivity contribution in [1.29, 1.82) is 0 Å². The highest BCUT2D eigenvalue weighted by Crippen LogP contribution is 2.20. The lowest BCUT2D eigenvalue weighted by Crippen LogP contribution is -2.38. The SMILES string of the molecule is CCc1nc(N2CCCC(COC)C2)cc(=O)[nH]1. The third-order valence-electron chi connectivity index (χ3n) is 3.36. The summed E-state index contributed by atoms with van der Waals surface area (Å²) in [6.07, 6.45) is 3.07. The highest BCUT2D eigenvalue weighted by atomic mass is 16.5. The molecule has 0 bridgehead atoms. The monoisotopic (exact) mass is 251 g/mol. The van der Waals surface area contributed by atoms with E-state index in [2.05, 4.69) is 14.9 Å². The molecule has 0 aliphatic carbocycles. The van der Waals surface area contributed by atoms with E-state index in [4.69, 9.17) is 4.74 Å². The van der Waals surface area contributed by atoms with Gasteiger partial charge in [-0.05, 0) is 18.8 Å². The molecule has 1 aliphatic heterocycles. The lowest BCUT2D eigenvalue weighted by Gasteiger charge is -2.33. The Morgan fingerprint density at radius 2 is 2.44 bits per heavy atom. The summed E-state index contributed by atoms with van der Waals surface area (Å²) in [5.74, 6) is 2.10. The van der Waals surface area contributed by atoms with E-state index in [9.17, 15) is 4.79 Å². The Morgan fingerprint density at radius 3 is 3.17 bits per heavy atom. The van der Waals surface area contributed by atoms with Crippen molar-refractivity contribution in [3.63, 3.8) is 0 Å². The fraction of sp³-hybridized carbons (Fsp3) is 0.692. The van der Waals surface area contributed by atoms with Crippen molar-refractivity contribution < 1.29 is 4.74 Å². The summed E-state index contributed by atoms with van der Waals surface area (Å²) in [7, 11) is 1.74. The molecule has 0 aromatic carbocycles. The van der Waals surface area contributed by atoms with Crippen molar-refractivity contribution in [3.8, 4) is 0 Å². The zero-order chi connectivity index (χ0) is 13.0. The van der Waals surface area contributed by atoms with Gasteiger partial charge in [0.1, 0.15) is 11.6 Å². The van der Waals surface area contributed by atoms with Gasteiger partial charge in [-0.3, -0.25) is 4.79 Å². The topological polar surface area (TPSA) is 58.2 Å².